The summed E-state index contributed by atoms with van der Waals surface area (Å²) in [6.07, 6.45) is 0.190. The zero-order chi connectivity index (χ0) is 19.4. The van der Waals surface area contributed by atoms with Gasteiger partial charge >= 0.3 is 0 Å². The van der Waals surface area contributed by atoms with Gasteiger partial charge in [-0.2, -0.15) is 0 Å². The van der Waals surface area contributed by atoms with Crippen LogP contribution < -0.4 is 5.32 Å². The Bertz CT molecular complexity index is 945. The molecule has 2 nitrogen and oxygen atoms in total. The fraction of sp³-hybridized carbons (Fsp3) is 0.0952. The highest BCUT2D eigenvalue weighted by Gasteiger charge is 2.18. The van der Waals surface area contributed by atoms with E-state index in [4.69, 9.17) is 23.2 Å². The normalized spacial score (nSPS) is 11.9. The monoisotopic (exact) mass is 513 g/mol. The Morgan fingerprint density at radius 2 is 1.63 bits per heavy atom. The van der Waals surface area contributed by atoms with Crippen LogP contribution in [-0.2, 0) is 0 Å². The molecule has 1 unspecified atom stereocenters. The van der Waals surface area contributed by atoms with E-state index in [0.717, 1.165) is 14.8 Å². The molecule has 0 radical (unpaired) electrons. The molecule has 0 aliphatic carbocycles. The molecule has 138 valence electrons. The standard InChI is InChI=1S/C21H15Cl2FINO/c22-18-10-3-14(11-19(18)23)20(26-17-8-6-16(25)7-9-17)12-21(27)13-1-4-15(24)5-2-13/h1-11,20,26H,12H2. The van der Waals surface area contributed by atoms with Crippen molar-refractivity contribution in [3.05, 3.63) is 97.3 Å². The third kappa shape index (κ3) is 5.43. The molecule has 0 heterocycles. The average Bonchev–Trinajstić information content (AvgIpc) is 2.65. The molecule has 0 aliphatic rings. The van der Waals surface area contributed by atoms with Crippen molar-refractivity contribution in [2.75, 3.05) is 5.32 Å². The van der Waals surface area contributed by atoms with Gasteiger partial charge in [0, 0.05) is 21.2 Å². The van der Waals surface area contributed by atoms with Crippen LogP contribution in [0.3, 0.4) is 0 Å². The van der Waals surface area contributed by atoms with Crippen LogP contribution in [0.4, 0.5) is 10.1 Å². The number of Topliss-reactive ketones (excluding diaryl/α,β-unsaturated/α-hetero) is 1. The smallest absolute Gasteiger partial charge is 0.165 e. The fourth-order valence-electron chi connectivity index (χ4n) is 2.67. The van der Waals surface area contributed by atoms with Crippen LogP contribution in [0.25, 0.3) is 0 Å². The van der Waals surface area contributed by atoms with Crippen molar-refractivity contribution < 1.29 is 9.18 Å². The third-order valence-corrected chi connectivity index (χ3v) is 5.55. The summed E-state index contributed by atoms with van der Waals surface area (Å²) in [7, 11) is 0. The number of rotatable bonds is 6. The molecule has 0 saturated heterocycles. The summed E-state index contributed by atoms with van der Waals surface area (Å²) < 4.78 is 14.2. The van der Waals surface area contributed by atoms with E-state index < -0.39 is 0 Å². The van der Waals surface area contributed by atoms with Gasteiger partial charge in [0.05, 0.1) is 16.1 Å². The summed E-state index contributed by atoms with van der Waals surface area (Å²) >= 11 is 14.4. The van der Waals surface area contributed by atoms with E-state index in [9.17, 15) is 9.18 Å². The minimum atomic E-state index is -0.371. The number of anilines is 1. The number of halogens is 4. The Labute approximate surface area is 180 Å². The largest absolute Gasteiger partial charge is 0.378 e. The number of benzene rings is 3. The van der Waals surface area contributed by atoms with E-state index >= 15 is 0 Å². The highest BCUT2D eigenvalue weighted by Crippen LogP contribution is 2.30. The summed E-state index contributed by atoms with van der Waals surface area (Å²) in [6, 6.07) is 18.4. The number of carbonyl (C=O) groups is 1. The SMILES string of the molecule is O=C(CC(Nc1ccc(I)cc1)c1ccc(Cl)c(Cl)c1)c1ccc(F)cc1. The maximum absolute atomic E-state index is 13.1. The van der Waals surface area contributed by atoms with E-state index in [-0.39, 0.29) is 24.1 Å². The number of hydrogen-bond donors (Lipinski definition) is 1. The molecule has 3 aromatic carbocycles. The van der Waals surface area contributed by atoms with Gasteiger partial charge in [0.2, 0.25) is 0 Å². The molecule has 0 saturated carbocycles. The van der Waals surface area contributed by atoms with Gasteiger partial charge in [-0.3, -0.25) is 4.79 Å². The van der Waals surface area contributed by atoms with Crippen LogP contribution in [0.1, 0.15) is 28.4 Å². The van der Waals surface area contributed by atoms with E-state index in [1.54, 1.807) is 12.1 Å². The van der Waals surface area contributed by atoms with E-state index in [2.05, 4.69) is 27.9 Å². The zero-order valence-corrected chi connectivity index (χ0v) is 17.7. The lowest BCUT2D eigenvalue weighted by molar-refractivity contribution is 0.0976. The van der Waals surface area contributed by atoms with Crippen molar-refractivity contribution >= 4 is 57.3 Å². The minimum Gasteiger partial charge on any atom is -0.378 e. The number of carbonyl (C=O) groups excluding carboxylic acids is 1. The van der Waals surface area contributed by atoms with E-state index in [1.807, 2.05) is 30.3 Å². The summed E-state index contributed by atoms with van der Waals surface area (Å²) in [5.41, 5.74) is 2.20. The third-order valence-electron chi connectivity index (χ3n) is 4.09. The van der Waals surface area contributed by atoms with Crippen LogP contribution in [0.15, 0.2) is 66.7 Å². The summed E-state index contributed by atoms with van der Waals surface area (Å²) in [6.45, 7) is 0. The molecule has 6 heteroatoms. The van der Waals surface area contributed by atoms with Crippen LogP contribution in [-0.4, -0.2) is 5.78 Å². The van der Waals surface area contributed by atoms with Crippen molar-refractivity contribution in [1.29, 1.82) is 0 Å². The van der Waals surface area contributed by atoms with Crippen LogP contribution in [0.5, 0.6) is 0 Å². The Kier molecular flexibility index (Phi) is 6.73. The molecular weight excluding hydrogens is 499 g/mol. The van der Waals surface area contributed by atoms with Gasteiger partial charge in [0.25, 0.3) is 0 Å². The molecule has 0 amide bonds. The minimum absolute atomic E-state index is 0.0934. The highest BCUT2D eigenvalue weighted by molar-refractivity contribution is 14.1. The van der Waals surface area contributed by atoms with Gasteiger partial charge in [0.15, 0.2) is 5.78 Å². The molecular formula is C21H15Cl2FINO. The lowest BCUT2D eigenvalue weighted by atomic mass is 9.97. The number of hydrogen-bond acceptors (Lipinski definition) is 2. The lowest BCUT2D eigenvalue weighted by Crippen LogP contribution is -2.16. The van der Waals surface area contributed by atoms with Gasteiger partial charge in [-0.1, -0.05) is 29.3 Å². The number of nitrogens with one attached hydrogen (secondary N) is 1. The highest BCUT2D eigenvalue weighted by atomic mass is 127. The van der Waals surface area contributed by atoms with Gasteiger partial charge in [-0.15, -0.1) is 0 Å². The fourth-order valence-corrected chi connectivity index (χ4v) is 3.33. The van der Waals surface area contributed by atoms with Crippen LogP contribution in [0, 0.1) is 9.39 Å². The second-order valence-electron chi connectivity index (χ2n) is 6.01. The molecule has 3 aromatic rings. The topological polar surface area (TPSA) is 29.1 Å². The molecule has 0 bridgehead atoms. The Hall–Kier alpha value is -1.63. The van der Waals surface area contributed by atoms with E-state index in [1.165, 1.54) is 24.3 Å². The first-order chi connectivity index (χ1) is 12.9. The van der Waals surface area contributed by atoms with Gasteiger partial charge in [-0.05, 0) is 88.8 Å². The zero-order valence-electron chi connectivity index (χ0n) is 14.1. The summed E-state index contributed by atoms with van der Waals surface area (Å²) in [5.74, 6) is -0.464. The molecule has 0 aromatic heterocycles. The molecule has 3 rings (SSSR count). The van der Waals surface area contributed by atoms with Crippen molar-refractivity contribution in [2.24, 2.45) is 0 Å². The van der Waals surface area contributed by atoms with Crippen LogP contribution in [0.2, 0.25) is 10.0 Å². The molecule has 0 fully saturated rings. The predicted octanol–water partition coefficient (Wildman–Crippen LogP) is 7.16. The van der Waals surface area contributed by atoms with Gasteiger partial charge in [-0.25, -0.2) is 4.39 Å². The number of ketones is 1. The first kappa shape index (κ1) is 20.1. The molecule has 1 N–H and O–H groups in total. The molecule has 0 aliphatic heterocycles. The quantitative estimate of drug-likeness (QED) is 0.280. The second kappa shape index (κ2) is 9.04. The summed E-state index contributed by atoms with van der Waals surface area (Å²) in [5, 5.41) is 4.27. The first-order valence-electron chi connectivity index (χ1n) is 8.18. The summed E-state index contributed by atoms with van der Waals surface area (Å²) in [4.78, 5) is 12.7. The lowest BCUT2D eigenvalue weighted by Gasteiger charge is -2.21. The van der Waals surface area contributed by atoms with E-state index in [0.29, 0.717) is 15.6 Å². The first-order valence-corrected chi connectivity index (χ1v) is 10.0. The second-order valence-corrected chi connectivity index (χ2v) is 8.07. The van der Waals surface area contributed by atoms with Gasteiger partial charge in [0.1, 0.15) is 5.82 Å². The van der Waals surface area contributed by atoms with Gasteiger partial charge < -0.3 is 5.32 Å². The molecule has 27 heavy (non-hydrogen) atoms. The Morgan fingerprint density at radius 3 is 2.26 bits per heavy atom. The maximum Gasteiger partial charge on any atom is 0.165 e. The van der Waals surface area contributed by atoms with Crippen molar-refractivity contribution in [2.45, 2.75) is 12.5 Å². The predicted molar refractivity (Wildman–Crippen MR) is 117 cm³/mol. The molecule has 1 atom stereocenters. The Balaban J connectivity index is 1.88. The van der Waals surface area contributed by atoms with Crippen molar-refractivity contribution in [3.8, 4) is 0 Å². The average molecular weight is 514 g/mol. The maximum atomic E-state index is 13.1. The van der Waals surface area contributed by atoms with Crippen LogP contribution >= 0.6 is 45.8 Å². The van der Waals surface area contributed by atoms with Crippen molar-refractivity contribution in [3.63, 3.8) is 0 Å². The molecule has 0 spiro atoms. The Morgan fingerprint density at radius 1 is 0.963 bits per heavy atom. The van der Waals surface area contributed by atoms with Crippen molar-refractivity contribution in [1.82, 2.24) is 0 Å².